The van der Waals surface area contributed by atoms with Gasteiger partial charge in [-0.15, -0.1) is 0 Å². The summed E-state index contributed by atoms with van der Waals surface area (Å²) in [5.74, 6) is 1.32. The van der Waals surface area contributed by atoms with Crippen LogP contribution in [0.2, 0.25) is 0 Å². The maximum atomic E-state index is 10.5. The van der Waals surface area contributed by atoms with Gasteiger partial charge >= 0.3 is 0 Å². The van der Waals surface area contributed by atoms with Crippen LogP contribution in [0.15, 0.2) is 18.2 Å². The van der Waals surface area contributed by atoms with Gasteiger partial charge in [0, 0.05) is 6.04 Å². The van der Waals surface area contributed by atoms with Gasteiger partial charge in [-0.1, -0.05) is 26.3 Å². The molecular weight excluding hydrogens is 254 g/mol. The van der Waals surface area contributed by atoms with Gasteiger partial charge in [0.15, 0.2) is 11.5 Å². The van der Waals surface area contributed by atoms with E-state index in [0.29, 0.717) is 11.5 Å². The van der Waals surface area contributed by atoms with E-state index in [4.69, 9.17) is 9.47 Å². The summed E-state index contributed by atoms with van der Waals surface area (Å²) in [5, 5.41) is 13.9. The lowest BCUT2D eigenvalue weighted by molar-refractivity contribution is 0.125. The summed E-state index contributed by atoms with van der Waals surface area (Å²) in [6, 6.07) is 5.61. The molecule has 0 saturated heterocycles. The highest BCUT2D eigenvalue weighted by molar-refractivity contribution is 5.43. The molecule has 1 aromatic rings. The molecule has 1 aromatic carbocycles. The number of hydrogen-bond acceptors (Lipinski definition) is 4. The number of methoxy groups -OCH3 is 2. The Hall–Kier alpha value is -1.26. The van der Waals surface area contributed by atoms with E-state index >= 15 is 0 Å². The third-order valence-electron chi connectivity index (χ3n) is 3.51. The van der Waals surface area contributed by atoms with Crippen LogP contribution in [0.5, 0.6) is 11.5 Å². The van der Waals surface area contributed by atoms with Gasteiger partial charge in [0.1, 0.15) is 0 Å². The fraction of sp³-hybridized carbons (Fsp3) is 0.625. The van der Waals surface area contributed by atoms with E-state index in [-0.39, 0.29) is 6.04 Å². The average molecular weight is 281 g/mol. The first-order valence-electron chi connectivity index (χ1n) is 7.31. The lowest BCUT2D eigenvalue weighted by Crippen LogP contribution is -2.35. The monoisotopic (exact) mass is 281 g/mol. The van der Waals surface area contributed by atoms with Crippen LogP contribution in [0, 0.1) is 0 Å². The van der Waals surface area contributed by atoms with Crippen molar-refractivity contribution < 1.29 is 14.6 Å². The van der Waals surface area contributed by atoms with Gasteiger partial charge in [-0.2, -0.15) is 0 Å². The first-order chi connectivity index (χ1) is 9.67. The second-order valence-corrected chi connectivity index (χ2v) is 4.88. The van der Waals surface area contributed by atoms with Crippen LogP contribution in [0.3, 0.4) is 0 Å². The molecule has 2 atom stereocenters. The number of hydrogen-bond donors (Lipinski definition) is 2. The molecule has 1 rings (SSSR count). The van der Waals surface area contributed by atoms with Crippen LogP contribution in [0.4, 0.5) is 0 Å². The molecule has 20 heavy (non-hydrogen) atoms. The van der Waals surface area contributed by atoms with E-state index in [9.17, 15) is 5.11 Å². The fourth-order valence-electron chi connectivity index (χ4n) is 2.21. The van der Waals surface area contributed by atoms with Crippen LogP contribution in [0.1, 0.15) is 44.8 Å². The number of unbranched alkanes of at least 4 members (excludes halogenated alkanes) is 1. The van der Waals surface area contributed by atoms with E-state index in [2.05, 4.69) is 19.2 Å². The van der Waals surface area contributed by atoms with E-state index in [1.165, 1.54) is 0 Å². The van der Waals surface area contributed by atoms with Crippen molar-refractivity contribution >= 4 is 0 Å². The minimum absolute atomic E-state index is 0.0552. The van der Waals surface area contributed by atoms with Crippen molar-refractivity contribution in [2.75, 3.05) is 20.8 Å². The van der Waals surface area contributed by atoms with Crippen LogP contribution in [-0.4, -0.2) is 31.9 Å². The zero-order valence-corrected chi connectivity index (χ0v) is 13.0. The zero-order valence-electron chi connectivity index (χ0n) is 13.0. The predicted octanol–water partition coefficient (Wildman–Crippen LogP) is 2.91. The summed E-state index contributed by atoms with van der Waals surface area (Å²) < 4.78 is 10.5. The largest absolute Gasteiger partial charge is 0.493 e. The third-order valence-corrected chi connectivity index (χ3v) is 3.51. The van der Waals surface area contributed by atoms with Gasteiger partial charge in [0.25, 0.3) is 0 Å². The second kappa shape index (κ2) is 8.82. The maximum Gasteiger partial charge on any atom is 0.161 e. The molecule has 0 bridgehead atoms. The van der Waals surface area contributed by atoms with Gasteiger partial charge in [-0.25, -0.2) is 0 Å². The molecule has 0 aliphatic heterocycles. The number of benzene rings is 1. The van der Waals surface area contributed by atoms with E-state index in [0.717, 1.165) is 31.4 Å². The van der Waals surface area contributed by atoms with Crippen molar-refractivity contribution in [3.8, 4) is 11.5 Å². The number of aliphatic hydroxyl groups excluding tert-OH is 1. The van der Waals surface area contributed by atoms with E-state index < -0.39 is 6.10 Å². The number of ether oxygens (including phenoxy) is 2. The predicted molar refractivity (Wildman–Crippen MR) is 81.5 cm³/mol. The molecular formula is C16H27NO3. The average Bonchev–Trinajstić information content (AvgIpc) is 2.50. The van der Waals surface area contributed by atoms with E-state index in [1.807, 2.05) is 18.2 Å². The molecule has 0 aromatic heterocycles. The van der Waals surface area contributed by atoms with Crippen molar-refractivity contribution in [3.63, 3.8) is 0 Å². The van der Waals surface area contributed by atoms with Crippen molar-refractivity contribution in [1.29, 1.82) is 0 Å². The summed E-state index contributed by atoms with van der Waals surface area (Å²) in [6.45, 7) is 5.17. The molecule has 0 heterocycles. The molecule has 0 aliphatic carbocycles. The summed E-state index contributed by atoms with van der Waals surface area (Å²) in [5.41, 5.74) is 0.846. The Morgan fingerprint density at radius 2 is 1.85 bits per heavy atom. The number of nitrogens with one attached hydrogen (secondary N) is 1. The van der Waals surface area contributed by atoms with Gasteiger partial charge in [0.2, 0.25) is 0 Å². The summed E-state index contributed by atoms with van der Waals surface area (Å²) in [4.78, 5) is 0. The Labute approximate surface area is 122 Å². The molecule has 0 saturated carbocycles. The highest BCUT2D eigenvalue weighted by Gasteiger charge is 2.20. The molecule has 114 valence electrons. The molecule has 0 amide bonds. The number of aliphatic hydroxyl groups is 1. The van der Waals surface area contributed by atoms with Crippen LogP contribution in [-0.2, 0) is 0 Å². The first-order valence-corrected chi connectivity index (χ1v) is 7.31. The van der Waals surface area contributed by atoms with Gasteiger partial charge < -0.3 is 19.9 Å². The lowest BCUT2D eigenvalue weighted by atomic mass is 9.99. The molecule has 0 radical (unpaired) electrons. The molecule has 0 spiro atoms. The third kappa shape index (κ3) is 4.39. The smallest absolute Gasteiger partial charge is 0.161 e. The van der Waals surface area contributed by atoms with Gasteiger partial charge in [0.05, 0.1) is 20.3 Å². The van der Waals surface area contributed by atoms with Crippen molar-refractivity contribution in [2.24, 2.45) is 0 Å². The second-order valence-electron chi connectivity index (χ2n) is 4.88. The standard InChI is InChI=1S/C16H27NO3/c1-5-7-10-17-13(6-2)16(18)12-8-9-14(19-3)15(11-12)20-4/h8-9,11,13,16-18H,5-7,10H2,1-4H3. The fourth-order valence-corrected chi connectivity index (χ4v) is 2.21. The summed E-state index contributed by atoms with van der Waals surface area (Å²) >= 11 is 0. The molecule has 0 aliphatic rings. The Morgan fingerprint density at radius 3 is 2.40 bits per heavy atom. The SMILES string of the molecule is CCCCNC(CC)C(O)c1ccc(OC)c(OC)c1. The molecule has 4 heteroatoms. The highest BCUT2D eigenvalue weighted by atomic mass is 16.5. The zero-order chi connectivity index (χ0) is 15.0. The Kier molecular flexibility index (Phi) is 7.41. The van der Waals surface area contributed by atoms with Crippen molar-refractivity contribution in [2.45, 2.75) is 45.3 Å². The first kappa shape index (κ1) is 16.8. The van der Waals surface area contributed by atoms with Crippen LogP contribution >= 0.6 is 0 Å². The van der Waals surface area contributed by atoms with Crippen LogP contribution in [0.25, 0.3) is 0 Å². The maximum absolute atomic E-state index is 10.5. The Morgan fingerprint density at radius 1 is 1.15 bits per heavy atom. The lowest BCUT2D eigenvalue weighted by Gasteiger charge is -2.24. The van der Waals surface area contributed by atoms with Crippen molar-refractivity contribution in [3.05, 3.63) is 23.8 Å². The summed E-state index contributed by atoms with van der Waals surface area (Å²) in [7, 11) is 3.21. The molecule has 2 N–H and O–H groups in total. The van der Waals surface area contributed by atoms with Crippen LogP contribution < -0.4 is 14.8 Å². The molecule has 0 fully saturated rings. The van der Waals surface area contributed by atoms with Gasteiger partial charge in [-0.3, -0.25) is 0 Å². The topological polar surface area (TPSA) is 50.7 Å². The van der Waals surface area contributed by atoms with Gasteiger partial charge in [-0.05, 0) is 37.1 Å². The Balaban J connectivity index is 2.80. The quantitative estimate of drug-likeness (QED) is 0.683. The molecule has 4 nitrogen and oxygen atoms in total. The number of rotatable bonds is 9. The summed E-state index contributed by atoms with van der Waals surface area (Å²) in [6.07, 6.45) is 2.60. The minimum atomic E-state index is -0.545. The minimum Gasteiger partial charge on any atom is -0.493 e. The normalized spacial score (nSPS) is 13.8. The van der Waals surface area contributed by atoms with E-state index in [1.54, 1.807) is 14.2 Å². The highest BCUT2D eigenvalue weighted by Crippen LogP contribution is 2.31. The van der Waals surface area contributed by atoms with Crippen molar-refractivity contribution in [1.82, 2.24) is 5.32 Å². The Bertz CT molecular complexity index is 395. The molecule has 2 unspecified atom stereocenters.